The third-order valence-electron chi connectivity index (χ3n) is 7.47. The Labute approximate surface area is 238 Å². The predicted octanol–water partition coefficient (Wildman–Crippen LogP) is 7.54. The Kier molecular flexibility index (Phi) is 7.13. The summed E-state index contributed by atoms with van der Waals surface area (Å²) < 4.78 is 8.21. The smallest absolute Gasteiger partial charge is 0.283 e. The fraction of sp³-hybridized carbons (Fsp3) is 0.182. The molecule has 200 valence electrons. The van der Waals surface area contributed by atoms with Crippen molar-refractivity contribution in [3.63, 3.8) is 0 Å². The first-order valence-electron chi connectivity index (χ1n) is 13.5. The zero-order valence-electron chi connectivity index (χ0n) is 22.5. The lowest BCUT2D eigenvalue weighted by Gasteiger charge is -2.26. The number of rotatable bonds is 8. The van der Waals surface area contributed by atoms with Crippen molar-refractivity contribution in [3.05, 3.63) is 113 Å². The molecule has 0 spiro atoms. The van der Waals surface area contributed by atoms with Crippen LogP contribution < -0.4 is 4.74 Å². The zero-order chi connectivity index (χ0) is 27.6. The molecule has 7 heteroatoms. The topological polar surface area (TPSA) is 70.7 Å². The Hall–Kier alpha value is -4.36. The van der Waals surface area contributed by atoms with Crippen molar-refractivity contribution in [2.45, 2.75) is 32.7 Å². The molecule has 0 bridgehead atoms. The number of nitrogens with one attached hydrogen (secondary N) is 1. The number of aliphatic imine (C=N–C) groups is 1. The highest BCUT2D eigenvalue weighted by molar-refractivity contribution is 8.17. The molecule has 0 fully saturated rings. The number of hydrogen-bond acceptors (Lipinski definition) is 4. The van der Waals surface area contributed by atoms with Crippen LogP contribution in [0.1, 0.15) is 42.9 Å². The van der Waals surface area contributed by atoms with Crippen molar-refractivity contribution >= 4 is 51.3 Å². The van der Waals surface area contributed by atoms with Crippen LogP contribution in [0, 0.1) is 5.41 Å². The monoisotopic (exact) mass is 546 g/mol. The average molecular weight is 547 g/mol. The molecule has 0 aliphatic carbocycles. The number of ether oxygens (including phenoxy) is 1. The second-order valence-corrected chi connectivity index (χ2v) is 10.8. The lowest BCUT2D eigenvalue weighted by atomic mass is 9.99. The Morgan fingerprint density at radius 2 is 1.77 bits per heavy atom. The molecular weight excluding hydrogens is 516 g/mol. The summed E-state index contributed by atoms with van der Waals surface area (Å²) >= 11 is 1.37. The number of benzene rings is 3. The maximum Gasteiger partial charge on any atom is 0.283 e. The van der Waals surface area contributed by atoms with Crippen LogP contribution in [0.25, 0.3) is 22.7 Å². The third-order valence-corrected chi connectivity index (χ3v) is 8.29. The molecule has 4 aromatic rings. The van der Waals surface area contributed by atoms with Crippen molar-refractivity contribution in [1.29, 1.82) is 5.41 Å². The first-order chi connectivity index (χ1) is 19.5. The van der Waals surface area contributed by atoms with Crippen molar-refractivity contribution in [2.75, 3.05) is 6.61 Å². The number of nitrogens with zero attached hydrogens (tertiary/aromatic N) is 3. The van der Waals surface area contributed by atoms with Crippen LogP contribution in [0.2, 0.25) is 0 Å². The number of hydrogen-bond donors (Lipinski definition) is 1. The molecule has 1 N–H and O–H groups in total. The Bertz CT molecular complexity index is 1680. The van der Waals surface area contributed by atoms with Gasteiger partial charge in [-0.05, 0) is 47.7 Å². The molecule has 40 heavy (non-hydrogen) atoms. The average Bonchev–Trinajstić information content (AvgIpc) is 3.57. The van der Waals surface area contributed by atoms with E-state index in [4.69, 9.17) is 10.1 Å². The highest BCUT2D eigenvalue weighted by atomic mass is 32.2. The fourth-order valence-electron chi connectivity index (χ4n) is 5.04. The number of carbonyl (C=O) groups is 1. The second-order valence-electron chi connectivity index (χ2n) is 9.95. The molecule has 0 saturated heterocycles. The Morgan fingerprint density at radius 3 is 2.55 bits per heavy atom. The summed E-state index contributed by atoms with van der Waals surface area (Å²) in [5.74, 6) is 1.13. The SMILES string of the molecule is CCC(C)c1ccc(OCCn2cc(/C=C3/C(=N)N4C(c5ccccc5)=CSC4=NC3=O)c3ccccc32)cc1. The van der Waals surface area contributed by atoms with Gasteiger partial charge in [-0.25, -0.2) is 0 Å². The minimum atomic E-state index is -0.396. The van der Waals surface area contributed by atoms with Crippen molar-refractivity contribution in [3.8, 4) is 5.75 Å². The van der Waals surface area contributed by atoms with Gasteiger partial charge in [0.1, 0.15) is 18.2 Å². The van der Waals surface area contributed by atoms with Crippen LogP contribution in [0.3, 0.4) is 0 Å². The Balaban J connectivity index is 1.25. The fourth-order valence-corrected chi connectivity index (χ4v) is 5.92. The highest BCUT2D eigenvalue weighted by Crippen LogP contribution is 2.37. The van der Waals surface area contributed by atoms with Gasteiger partial charge in [0, 0.05) is 28.1 Å². The summed E-state index contributed by atoms with van der Waals surface area (Å²) in [6.45, 7) is 5.59. The lowest BCUT2D eigenvalue weighted by molar-refractivity contribution is -0.114. The summed E-state index contributed by atoms with van der Waals surface area (Å²) in [5, 5.41) is 12.5. The van der Waals surface area contributed by atoms with Crippen LogP contribution in [0.4, 0.5) is 0 Å². The van der Waals surface area contributed by atoms with Gasteiger partial charge in [-0.15, -0.1) is 0 Å². The number of aromatic nitrogens is 1. The molecule has 2 aliphatic heterocycles. The summed E-state index contributed by atoms with van der Waals surface area (Å²) in [4.78, 5) is 19.1. The van der Waals surface area contributed by atoms with Gasteiger partial charge in [-0.2, -0.15) is 4.99 Å². The van der Waals surface area contributed by atoms with Gasteiger partial charge in [0.25, 0.3) is 5.91 Å². The molecule has 3 aromatic carbocycles. The number of carbonyl (C=O) groups excluding carboxylic acids is 1. The normalized spacial score (nSPS) is 16.8. The molecule has 1 atom stereocenters. The molecule has 6 rings (SSSR count). The zero-order valence-corrected chi connectivity index (χ0v) is 23.3. The van der Waals surface area contributed by atoms with Crippen molar-refractivity contribution < 1.29 is 9.53 Å². The summed E-state index contributed by atoms with van der Waals surface area (Å²) in [6, 6.07) is 26.3. The van der Waals surface area contributed by atoms with Gasteiger partial charge < -0.3 is 9.30 Å². The van der Waals surface area contributed by atoms with E-state index in [1.807, 2.05) is 72.3 Å². The van der Waals surface area contributed by atoms with Gasteiger partial charge in [0.15, 0.2) is 5.17 Å². The summed E-state index contributed by atoms with van der Waals surface area (Å²) in [7, 11) is 0. The van der Waals surface area contributed by atoms with Crippen molar-refractivity contribution in [2.24, 2.45) is 4.99 Å². The molecular formula is C33H30N4O2S. The van der Waals surface area contributed by atoms with E-state index in [-0.39, 0.29) is 11.4 Å². The molecule has 1 aromatic heterocycles. The van der Waals surface area contributed by atoms with Crippen LogP contribution in [0.5, 0.6) is 5.75 Å². The molecule has 1 amide bonds. The van der Waals surface area contributed by atoms with Gasteiger partial charge in [-0.1, -0.05) is 86.3 Å². The van der Waals surface area contributed by atoms with E-state index >= 15 is 0 Å². The van der Waals surface area contributed by atoms with Crippen LogP contribution in [-0.2, 0) is 11.3 Å². The largest absolute Gasteiger partial charge is 0.492 e. The van der Waals surface area contributed by atoms with Crippen molar-refractivity contribution in [1.82, 2.24) is 9.47 Å². The van der Waals surface area contributed by atoms with Crippen LogP contribution in [0.15, 0.2) is 101 Å². The van der Waals surface area contributed by atoms with Gasteiger partial charge >= 0.3 is 0 Å². The Morgan fingerprint density at radius 1 is 1.02 bits per heavy atom. The number of para-hydroxylation sites is 1. The molecule has 6 nitrogen and oxygen atoms in total. The predicted molar refractivity (Wildman–Crippen MR) is 165 cm³/mol. The maximum absolute atomic E-state index is 13.1. The lowest BCUT2D eigenvalue weighted by Crippen LogP contribution is -2.38. The molecule has 1 unspecified atom stereocenters. The first-order valence-corrected chi connectivity index (χ1v) is 14.4. The van der Waals surface area contributed by atoms with E-state index in [0.717, 1.165) is 39.9 Å². The number of amidine groups is 2. The molecule has 2 aliphatic rings. The number of thioether (sulfide) groups is 1. The molecule has 0 saturated carbocycles. The minimum absolute atomic E-state index is 0.135. The van der Waals surface area contributed by atoms with Crippen LogP contribution in [-0.4, -0.2) is 33.0 Å². The van der Waals surface area contributed by atoms with E-state index in [1.165, 1.54) is 17.3 Å². The minimum Gasteiger partial charge on any atom is -0.492 e. The highest BCUT2D eigenvalue weighted by Gasteiger charge is 2.36. The van der Waals surface area contributed by atoms with E-state index in [2.05, 4.69) is 41.6 Å². The third kappa shape index (κ3) is 4.89. The van der Waals surface area contributed by atoms with Crippen LogP contribution >= 0.6 is 11.8 Å². The van der Waals surface area contributed by atoms with E-state index < -0.39 is 5.91 Å². The van der Waals surface area contributed by atoms with E-state index in [0.29, 0.717) is 24.2 Å². The standard InChI is InChI=1S/C33H30N4O2S/c1-3-22(2)23-13-15-26(16-14-23)39-18-17-36-20-25(27-11-7-8-12-29(27)36)19-28-31(34)37-30(24-9-5-4-6-10-24)21-40-33(37)35-32(28)38/h4-16,19-22,34H,3,17-18H2,1-2H3/b28-19-,34-31?. The number of amides is 1. The van der Waals surface area contributed by atoms with E-state index in [1.54, 1.807) is 11.0 Å². The second kappa shape index (κ2) is 11.0. The van der Waals surface area contributed by atoms with Gasteiger partial charge in [0.05, 0.1) is 17.8 Å². The first kappa shape index (κ1) is 25.9. The number of fused-ring (bicyclic) bond motifs is 2. The van der Waals surface area contributed by atoms with Gasteiger partial charge in [0.2, 0.25) is 0 Å². The maximum atomic E-state index is 13.1. The quantitative estimate of drug-likeness (QED) is 0.232. The van der Waals surface area contributed by atoms with Gasteiger partial charge in [-0.3, -0.25) is 15.1 Å². The molecule has 3 heterocycles. The summed E-state index contributed by atoms with van der Waals surface area (Å²) in [6.07, 6.45) is 4.93. The van der Waals surface area contributed by atoms with E-state index in [9.17, 15) is 4.79 Å². The molecule has 0 radical (unpaired) electrons. The summed E-state index contributed by atoms with van der Waals surface area (Å²) in [5.41, 5.74) is 5.34.